The lowest BCUT2D eigenvalue weighted by molar-refractivity contribution is -0.120. The molecule has 0 saturated carbocycles. The third-order valence-corrected chi connectivity index (χ3v) is 5.13. The first kappa shape index (κ1) is 18.2. The van der Waals surface area contributed by atoms with Gasteiger partial charge in [0.15, 0.2) is 0 Å². The summed E-state index contributed by atoms with van der Waals surface area (Å²) in [6, 6.07) is 11.9. The molecule has 5 nitrogen and oxygen atoms in total. The fourth-order valence-corrected chi connectivity index (χ4v) is 3.68. The number of amides is 2. The van der Waals surface area contributed by atoms with Crippen molar-refractivity contribution in [2.75, 3.05) is 10.6 Å². The van der Waals surface area contributed by atoms with Crippen molar-refractivity contribution < 1.29 is 23.1 Å². The van der Waals surface area contributed by atoms with Gasteiger partial charge in [-0.3, -0.25) is 9.59 Å². The Hall–Kier alpha value is -2.61. The quantitative estimate of drug-likeness (QED) is 0.824. The SMILES string of the molecule is Cc1c(NC(=O)CC2Sc3ccccc3NC2=O)cccc1OC(F)F. The molecule has 2 aromatic rings. The highest BCUT2D eigenvalue weighted by Gasteiger charge is 2.29. The number of fused-ring (bicyclic) bond motifs is 1. The largest absolute Gasteiger partial charge is 0.434 e. The van der Waals surface area contributed by atoms with Crippen molar-refractivity contribution in [3.8, 4) is 5.75 Å². The van der Waals surface area contributed by atoms with Crippen LogP contribution in [0, 0.1) is 6.92 Å². The second-order valence-electron chi connectivity index (χ2n) is 5.65. The van der Waals surface area contributed by atoms with Crippen LogP contribution in [0.2, 0.25) is 0 Å². The van der Waals surface area contributed by atoms with Crippen LogP contribution in [0.15, 0.2) is 47.4 Å². The van der Waals surface area contributed by atoms with E-state index in [4.69, 9.17) is 0 Å². The zero-order valence-electron chi connectivity index (χ0n) is 13.8. The van der Waals surface area contributed by atoms with Gasteiger partial charge in [0, 0.05) is 22.6 Å². The summed E-state index contributed by atoms with van der Waals surface area (Å²) < 4.78 is 29.2. The summed E-state index contributed by atoms with van der Waals surface area (Å²) in [5.41, 5.74) is 1.49. The number of alkyl halides is 2. The minimum absolute atomic E-state index is 0.00323. The van der Waals surface area contributed by atoms with Crippen molar-refractivity contribution >= 4 is 35.0 Å². The third-order valence-electron chi connectivity index (χ3n) is 3.85. The summed E-state index contributed by atoms with van der Waals surface area (Å²) in [6.45, 7) is -1.37. The molecule has 3 rings (SSSR count). The Morgan fingerprint density at radius 1 is 1.27 bits per heavy atom. The zero-order chi connectivity index (χ0) is 18.7. The zero-order valence-corrected chi connectivity index (χ0v) is 14.6. The summed E-state index contributed by atoms with van der Waals surface area (Å²) in [4.78, 5) is 25.4. The Morgan fingerprint density at radius 3 is 2.81 bits per heavy atom. The summed E-state index contributed by atoms with van der Waals surface area (Å²) in [5.74, 6) is -0.624. The van der Waals surface area contributed by atoms with Gasteiger partial charge in [-0.15, -0.1) is 11.8 Å². The van der Waals surface area contributed by atoms with Gasteiger partial charge in [-0.25, -0.2) is 0 Å². The van der Waals surface area contributed by atoms with Crippen LogP contribution in [0.1, 0.15) is 12.0 Å². The number of hydrogen-bond donors (Lipinski definition) is 2. The van der Waals surface area contributed by atoms with E-state index < -0.39 is 11.9 Å². The van der Waals surface area contributed by atoms with E-state index in [0.717, 1.165) is 10.6 Å². The molecule has 0 spiro atoms. The highest BCUT2D eigenvalue weighted by atomic mass is 32.2. The number of para-hydroxylation sites is 1. The summed E-state index contributed by atoms with van der Waals surface area (Å²) in [7, 11) is 0. The Bertz CT molecular complexity index is 845. The topological polar surface area (TPSA) is 67.4 Å². The number of anilines is 2. The van der Waals surface area contributed by atoms with Gasteiger partial charge in [-0.05, 0) is 31.2 Å². The number of rotatable bonds is 5. The molecule has 0 aromatic heterocycles. The van der Waals surface area contributed by atoms with E-state index in [2.05, 4.69) is 15.4 Å². The van der Waals surface area contributed by atoms with Gasteiger partial charge in [-0.1, -0.05) is 18.2 Å². The molecule has 0 radical (unpaired) electrons. The summed E-state index contributed by atoms with van der Waals surface area (Å²) in [6.07, 6.45) is -0.0375. The van der Waals surface area contributed by atoms with Gasteiger partial charge in [0.2, 0.25) is 11.8 Å². The minimum atomic E-state index is -2.94. The second kappa shape index (κ2) is 7.74. The van der Waals surface area contributed by atoms with Crippen molar-refractivity contribution in [1.82, 2.24) is 0 Å². The average Bonchev–Trinajstić information content (AvgIpc) is 2.59. The highest BCUT2D eigenvalue weighted by molar-refractivity contribution is 8.01. The number of ether oxygens (including phenoxy) is 1. The number of thioether (sulfide) groups is 1. The maximum Gasteiger partial charge on any atom is 0.387 e. The number of benzene rings is 2. The summed E-state index contributed by atoms with van der Waals surface area (Å²) >= 11 is 1.32. The minimum Gasteiger partial charge on any atom is -0.434 e. The maximum atomic E-state index is 12.4. The molecule has 2 aromatic carbocycles. The molecular formula is C18H16F2N2O3S. The fraction of sp³-hybridized carbons (Fsp3) is 0.222. The van der Waals surface area contributed by atoms with Crippen molar-refractivity contribution in [3.63, 3.8) is 0 Å². The van der Waals surface area contributed by atoms with Gasteiger partial charge in [0.1, 0.15) is 5.75 Å². The number of halogens is 2. The molecule has 136 valence electrons. The standard InChI is InChI=1S/C18H16F2N2O3S/c1-10-11(6-4-7-13(10)25-18(19)20)21-16(23)9-15-17(24)22-12-5-2-3-8-14(12)26-15/h2-8,15,18H,9H2,1H3,(H,21,23)(H,22,24). The molecule has 26 heavy (non-hydrogen) atoms. The number of hydrogen-bond acceptors (Lipinski definition) is 4. The van der Waals surface area contributed by atoms with E-state index in [1.54, 1.807) is 19.1 Å². The fourth-order valence-electron chi connectivity index (χ4n) is 2.57. The Labute approximate surface area is 153 Å². The number of carbonyl (C=O) groups is 2. The predicted molar refractivity (Wildman–Crippen MR) is 95.8 cm³/mol. The molecule has 1 unspecified atom stereocenters. The highest BCUT2D eigenvalue weighted by Crippen LogP contribution is 2.37. The van der Waals surface area contributed by atoms with E-state index in [1.807, 2.05) is 18.2 Å². The molecule has 0 fully saturated rings. The average molecular weight is 378 g/mol. The first-order valence-electron chi connectivity index (χ1n) is 7.85. The van der Waals surface area contributed by atoms with Crippen LogP contribution in [0.3, 0.4) is 0 Å². The van der Waals surface area contributed by atoms with E-state index in [0.29, 0.717) is 11.3 Å². The number of nitrogens with one attached hydrogen (secondary N) is 2. The molecule has 1 aliphatic rings. The van der Waals surface area contributed by atoms with E-state index in [9.17, 15) is 18.4 Å². The lowest BCUT2D eigenvalue weighted by Crippen LogP contribution is -2.32. The molecule has 1 aliphatic heterocycles. The second-order valence-corrected chi connectivity index (χ2v) is 6.90. The number of carbonyl (C=O) groups excluding carboxylic acids is 2. The van der Waals surface area contributed by atoms with Gasteiger partial charge in [0.25, 0.3) is 0 Å². The van der Waals surface area contributed by atoms with Crippen molar-refractivity contribution in [1.29, 1.82) is 0 Å². The predicted octanol–water partition coefficient (Wildman–Crippen LogP) is 4.04. The third kappa shape index (κ3) is 4.13. The van der Waals surface area contributed by atoms with Crippen LogP contribution in [-0.2, 0) is 9.59 Å². The molecule has 8 heteroatoms. The van der Waals surface area contributed by atoms with Gasteiger partial charge < -0.3 is 15.4 Å². The van der Waals surface area contributed by atoms with E-state index in [-0.39, 0.29) is 24.0 Å². The smallest absolute Gasteiger partial charge is 0.387 e. The first-order valence-corrected chi connectivity index (χ1v) is 8.73. The van der Waals surface area contributed by atoms with Crippen LogP contribution in [0.5, 0.6) is 5.75 Å². The van der Waals surface area contributed by atoms with E-state index in [1.165, 1.54) is 23.9 Å². The monoisotopic (exact) mass is 378 g/mol. The van der Waals surface area contributed by atoms with Crippen LogP contribution in [-0.4, -0.2) is 23.7 Å². The molecule has 0 aliphatic carbocycles. The van der Waals surface area contributed by atoms with Crippen LogP contribution >= 0.6 is 11.8 Å². The van der Waals surface area contributed by atoms with Crippen LogP contribution < -0.4 is 15.4 Å². The molecule has 2 N–H and O–H groups in total. The maximum absolute atomic E-state index is 12.4. The normalized spacial score (nSPS) is 16.0. The molecule has 1 atom stereocenters. The molecule has 2 amide bonds. The van der Waals surface area contributed by atoms with Gasteiger partial charge in [-0.2, -0.15) is 8.78 Å². The molecule has 0 bridgehead atoms. The Kier molecular flexibility index (Phi) is 5.41. The molecule has 0 saturated heterocycles. The van der Waals surface area contributed by atoms with Crippen molar-refractivity contribution in [2.45, 2.75) is 30.1 Å². The van der Waals surface area contributed by atoms with Crippen molar-refractivity contribution in [3.05, 3.63) is 48.0 Å². The molecular weight excluding hydrogens is 362 g/mol. The lowest BCUT2D eigenvalue weighted by atomic mass is 10.1. The van der Waals surface area contributed by atoms with Crippen LogP contribution in [0.25, 0.3) is 0 Å². The Morgan fingerprint density at radius 2 is 2.04 bits per heavy atom. The Balaban J connectivity index is 1.67. The van der Waals surface area contributed by atoms with Gasteiger partial charge >= 0.3 is 6.61 Å². The molecule has 1 heterocycles. The summed E-state index contributed by atoms with van der Waals surface area (Å²) in [5, 5.41) is 4.87. The van der Waals surface area contributed by atoms with Gasteiger partial charge in [0.05, 0.1) is 10.9 Å². The van der Waals surface area contributed by atoms with Crippen LogP contribution in [0.4, 0.5) is 20.2 Å². The first-order chi connectivity index (χ1) is 12.4. The van der Waals surface area contributed by atoms with Crippen molar-refractivity contribution in [2.24, 2.45) is 0 Å². The lowest BCUT2D eigenvalue weighted by Gasteiger charge is -2.23. The van der Waals surface area contributed by atoms with E-state index >= 15 is 0 Å².